The van der Waals surface area contributed by atoms with Gasteiger partial charge in [-0.05, 0) is 25.0 Å². The Balaban J connectivity index is 1.68. The highest BCUT2D eigenvalue weighted by molar-refractivity contribution is 5.89. The van der Waals surface area contributed by atoms with Crippen LogP contribution < -0.4 is 10.6 Å². The Morgan fingerprint density at radius 2 is 1.95 bits per heavy atom. The van der Waals surface area contributed by atoms with Gasteiger partial charge in [0.05, 0.1) is 5.56 Å². The van der Waals surface area contributed by atoms with Crippen molar-refractivity contribution in [2.75, 3.05) is 18.4 Å². The number of aromatic nitrogens is 1. The minimum Gasteiger partial charge on any atom is -0.316 e. The molecule has 2 atom stereocenters. The first kappa shape index (κ1) is 14.1. The fourth-order valence-corrected chi connectivity index (χ4v) is 2.92. The molecule has 2 bridgehead atoms. The van der Waals surface area contributed by atoms with E-state index in [0.29, 0.717) is 0 Å². The number of nitrogens with one attached hydrogen (secondary N) is 2. The third kappa shape index (κ3) is 2.80. The maximum Gasteiger partial charge on any atom is 0.417 e. The molecule has 0 spiro atoms. The molecule has 0 saturated carbocycles. The van der Waals surface area contributed by atoms with Gasteiger partial charge in [0.1, 0.15) is 5.82 Å². The van der Waals surface area contributed by atoms with Crippen molar-refractivity contribution in [3.05, 3.63) is 23.9 Å². The summed E-state index contributed by atoms with van der Waals surface area (Å²) < 4.78 is 37.3. The number of nitrogens with zero attached hydrogens (tertiary/aromatic N) is 2. The van der Waals surface area contributed by atoms with Crippen molar-refractivity contribution in [2.45, 2.75) is 31.1 Å². The maximum absolute atomic E-state index is 12.4. The van der Waals surface area contributed by atoms with Crippen LogP contribution in [-0.4, -0.2) is 41.1 Å². The molecule has 2 aliphatic heterocycles. The number of hydrogen-bond acceptors (Lipinski definition) is 3. The number of alkyl halides is 3. The molecule has 2 saturated heterocycles. The number of halogens is 3. The first-order valence-corrected chi connectivity index (χ1v) is 6.78. The van der Waals surface area contributed by atoms with E-state index in [1.54, 1.807) is 4.90 Å². The van der Waals surface area contributed by atoms with Crippen molar-refractivity contribution in [1.82, 2.24) is 15.2 Å². The third-order valence-electron chi connectivity index (χ3n) is 3.94. The summed E-state index contributed by atoms with van der Waals surface area (Å²) >= 11 is 0. The van der Waals surface area contributed by atoms with Crippen LogP contribution >= 0.6 is 0 Å². The van der Waals surface area contributed by atoms with E-state index in [1.807, 2.05) is 0 Å². The Labute approximate surface area is 119 Å². The summed E-state index contributed by atoms with van der Waals surface area (Å²) in [6, 6.07) is 2.09. The Kier molecular flexibility index (Phi) is 3.48. The first-order valence-electron chi connectivity index (χ1n) is 6.78. The average molecular weight is 300 g/mol. The van der Waals surface area contributed by atoms with Crippen molar-refractivity contribution in [3.63, 3.8) is 0 Å². The predicted octanol–water partition coefficient (Wildman–Crippen LogP) is 2.07. The highest BCUT2D eigenvalue weighted by atomic mass is 19.4. The summed E-state index contributed by atoms with van der Waals surface area (Å²) in [4.78, 5) is 17.7. The van der Waals surface area contributed by atoms with E-state index in [2.05, 4.69) is 15.6 Å². The van der Waals surface area contributed by atoms with Crippen LogP contribution in [-0.2, 0) is 6.18 Å². The number of hydrogen-bond donors (Lipinski definition) is 2. The molecule has 3 heterocycles. The summed E-state index contributed by atoms with van der Waals surface area (Å²) in [7, 11) is 0. The van der Waals surface area contributed by atoms with E-state index in [0.717, 1.165) is 38.2 Å². The van der Waals surface area contributed by atoms with Crippen LogP contribution in [0.4, 0.5) is 23.8 Å². The molecule has 8 heteroatoms. The molecule has 2 amide bonds. The molecule has 2 fully saturated rings. The predicted molar refractivity (Wildman–Crippen MR) is 69.8 cm³/mol. The fraction of sp³-hybridized carbons (Fsp3) is 0.538. The van der Waals surface area contributed by atoms with Crippen LogP contribution in [0.2, 0.25) is 0 Å². The summed E-state index contributed by atoms with van der Waals surface area (Å²) in [5.74, 6) is 0.130. The van der Waals surface area contributed by atoms with Crippen LogP contribution in [0.25, 0.3) is 0 Å². The topological polar surface area (TPSA) is 57.3 Å². The van der Waals surface area contributed by atoms with Gasteiger partial charge in [-0.2, -0.15) is 13.2 Å². The quantitative estimate of drug-likeness (QED) is 0.835. The second-order valence-electron chi connectivity index (χ2n) is 5.31. The lowest BCUT2D eigenvalue weighted by Crippen LogP contribution is -2.55. The van der Waals surface area contributed by atoms with E-state index in [4.69, 9.17) is 0 Å². The van der Waals surface area contributed by atoms with Crippen molar-refractivity contribution >= 4 is 11.8 Å². The van der Waals surface area contributed by atoms with Crippen LogP contribution in [0.15, 0.2) is 18.3 Å². The second kappa shape index (κ2) is 5.18. The highest BCUT2D eigenvalue weighted by Crippen LogP contribution is 2.29. The number of urea groups is 1. The number of pyridine rings is 1. The fourth-order valence-electron chi connectivity index (χ4n) is 2.92. The first-order chi connectivity index (χ1) is 9.95. The average Bonchev–Trinajstić information content (AvgIpc) is 2.68. The van der Waals surface area contributed by atoms with Gasteiger partial charge in [0.25, 0.3) is 0 Å². The number of amides is 2. The molecule has 1 aromatic heterocycles. The minimum atomic E-state index is -4.42. The normalized spacial score (nSPS) is 25.0. The summed E-state index contributed by atoms with van der Waals surface area (Å²) in [5, 5.41) is 5.83. The van der Waals surface area contributed by atoms with Crippen molar-refractivity contribution in [1.29, 1.82) is 0 Å². The number of anilines is 1. The monoisotopic (exact) mass is 300 g/mol. The van der Waals surface area contributed by atoms with Gasteiger partial charge in [-0.1, -0.05) is 0 Å². The standard InChI is InChI=1S/C13H15F3N4O/c14-13(15,16)8-1-4-11(18-5-8)19-12(21)20-9-2-3-10(20)7-17-6-9/h1,4-5,9-10,17H,2-3,6-7H2,(H,18,19,21). The van der Waals surface area contributed by atoms with Crippen LogP contribution in [0.1, 0.15) is 18.4 Å². The molecule has 1 aromatic rings. The lowest BCUT2D eigenvalue weighted by Gasteiger charge is -2.35. The number of rotatable bonds is 1. The molecular weight excluding hydrogens is 285 g/mol. The molecule has 5 nitrogen and oxygen atoms in total. The van der Waals surface area contributed by atoms with Gasteiger partial charge < -0.3 is 10.2 Å². The number of fused-ring (bicyclic) bond motifs is 2. The molecule has 2 aliphatic rings. The van der Waals surface area contributed by atoms with E-state index < -0.39 is 11.7 Å². The smallest absolute Gasteiger partial charge is 0.316 e. The zero-order valence-electron chi connectivity index (χ0n) is 11.2. The Morgan fingerprint density at radius 3 is 2.48 bits per heavy atom. The Bertz CT molecular complexity index is 515. The molecule has 2 unspecified atom stereocenters. The van der Waals surface area contributed by atoms with Gasteiger partial charge >= 0.3 is 12.2 Å². The summed E-state index contributed by atoms with van der Waals surface area (Å²) in [6.07, 6.45) is -1.80. The van der Waals surface area contributed by atoms with E-state index in [1.165, 1.54) is 6.07 Å². The Morgan fingerprint density at radius 1 is 1.29 bits per heavy atom. The molecular formula is C13H15F3N4O. The number of piperazine rings is 1. The van der Waals surface area contributed by atoms with Crippen molar-refractivity contribution in [2.24, 2.45) is 0 Å². The van der Waals surface area contributed by atoms with E-state index >= 15 is 0 Å². The largest absolute Gasteiger partial charge is 0.417 e. The van der Waals surface area contributed by atoms with Gasteiger partial charge in [-0.3, -0.25) is 5.32 Å². The Hall–Kier alpha value is -1.83. The molecule has 3 rings (SSSR count). The molecule has 114 valence electrons. The van der Waals surface area contributed by atoms with Crippen molar-refractivity contribution in [3.8, 4) is 0 Å². The van der Waals surface area contributed by atoms with Gasteiger partial charge in [0.15, 0.2) is 0 Å². The lowest BCUT2D eigenvalue weighted by molar-refractivity contribution is -0.137. The van der Waals surface area contributed by atoms with Gasteiger partial charge in [-0.25, -0.2) is 9.78 Å². The maximum atomic E-state index is 12.4. The van der Waals surface area contributed by atoms with E-state index in [9.17, 15) is 18.0 Å². The molecule has 0 aliphatic carbocycles. The minimum absolute atomic E-state index is 0.130. The van der Waals surface area contributed by atoms with E-state index in [-0.39, 0.29) is 23.9 Å². The molecule has 0 aromatic carbocycles. The zero-order chi connectivity index (χ0) is 15.0. The third-order valence-corrected chi connectivity index (χ3v) is 3.94. The second-order valence-corrected chi connectivity index (χ2v) is 5.31. The van der Waals surface area contributed by atoms with Crippen LogP contribution in [0.5, 0.6) is 0 Å². The molecule has 2 N–H and O–H groups in total. The highest BCUT2D eigenvalue weighted by Gasteiger charge is 2.39. The van der Waals surface area contributed by atoms with Gasteiger partial charge in [0.2, 0.25) is 0 Å². The number of carbonyl (C=O) groups is 1. The SMILES string of the molecule is O=C(Nc1ccc(C(F)(F)F)cn1)N1C2CCC1CNC2. The molecule has 21 heavy (non-hydrogen) atoms. The molecule has 0 radical (unpaired) electrons. The van der Waals surface area contributed by atoms with Crippen molar-refractivity contribution < 1.29 is 18.0 Å². The zero-order valence-corrected chi connectivity index (χ0v) is 11.2. The lowest BCUT2D eigenvalue weighted by atomic mass is 10.2. The van der Waals surface area contributed by atoms with Gasteiger partial charge in [-0.15, -0.1) is 0 Å². The van der Waals surface area contributed by atoms with Crippen LogP contribution in [0, 0.1) is 0 Å². The number of carbonyl (C=O) groups excluding carboxylic acids is 1. The van der Waals surface area contributed by atoms with Crippen LogP contribution in [0.3, 0.4) is 0 Å². The summed E-state index contributed by atoms with van der Waals surface area (Å²) in [6.45, 7) is 1.51. The summed E-state index contributed by atoms with van der Waals surface area (Å²) in [5.41, 5.74) is -0.831. The van der Waals surface area contributed by atoms with Gasteiger partial charge in [0, 0.05) is 31.4 Å².